The van der Waals surface area contributed by atoms with Crippen molar-refractivity contribution in [2.45, 2.75) is 35.8 Å². The van der Waals surface area contributed by atoms with Gasteiger partial charge in [-0.3, -0.25) is 0 Å². The Morgan fingerprint density at radius 2 is 0.810 bits per heavy atom. The molecule has 0 atom stereocenters. The van der Waals surface area contributed by atoms with Crippen LogP contribution in [0.2, 0.25) is 0 Å². The molecule has 0 aliphatic carbocycles. The molecule has 0 unspecified atom stereocenters. The van der Waals surface area contributed by atoms with Gasteiger partial charge in [-0.15, -0.1) is 0 Å². The lowest BCUT2D eigenvalue weighted by atomic mass is 9.88. The first-order valence-corrected chi connectivity index (χ1v) is 4.35. The molecule has 0 aromatic rings. The molecule has 1 radical (unpaired) electrons. The molecule has 0 fully saturated rings. The summed E-state index contributed by atoms with van der Waals surface area (Å²) >= 11 is 0. The molecule has 0 aliphatic heterocycles. The summed E-state index contributed by atoms with van der Waals surface area (Å²) in [4.78, 5) is 0. The molecular formula is C7H2F13O. The summed E-state index contributed by atoms with van der Waals surface area (Å²) in [6.45, 7) is -3.50. The minimum Gasteiger partial charge on any atom is -0.230 e. The van der Waals surface area contributed by atoms with Crippen molar-refractivity contribution < 1.29 is 62.2 Å². The predicted octanol–water partition coefficient (Wildman–Crippen LogP) is 4.16. The zero-order valence-corrected chi connectivity index (χ0v) is 9.03. The van der Waals surface area contributed by atoms with Crippen LogP contribution in [0.15, 0.2) is 0 Å². The summed E-state index contributed by atoms with van der Waals surface area (Å²) in [5.41, 5.74) is -7.99. The fraction of sp³-hybridized carbons (Fsp3) is 1.00. The van der Waals surface area contributed by atoms with Crippen LogP contribution in [0.4, 0.5) is 57.1 Å². The number of halogens is 13. The molecule has 0 amide bonds. The standard InChI is InChI=1S/C7H2F13O/c8-2(9,1-21)4(11,12)5(13,14)3(10,6(15,16)17)7(18,19)20/h1H2. The van der Waals surface area contributed by atoms with E-state index in [1.807, 2.05) is 0 Å². The third-order valence-electron chi connectivity index (χ3n) is 2.25. The first-order valence-electron chi connectivity index (χ1n) is 4.35. The van der Waals surface area contributed by atoms with E-state index in [0.29, 0.717) is 0 Å². The van der Waals surface area contributed by atoms with Crippen LogP contribution in [0.5, 0.6) is 0 Å². The number of hydrogen-bond acceptors (Lipinski definition) is 0. The zero-order chi connectivity index (χ0) is 17.7. The van der Waals surface area contributed by atoms with Gasteiger partial charge in [0.1, 0.15) is 0 Å². The number of rotatable bonds is 4. The molecule has 0 aliphatic rings. The lowest BCUT2D eigenvalue weighted by Crippen LogP contribution is -2.73. The van der Waals surface area contributed by atoms with Crippen LogP contribution >= 0.6 is 0 Å². The second-order valence-corrected chi connectivity index (χ2v) is 3.65. The Labute approximate surface area is 106 Å². The maximum Gasteiger partial charge on any atom is 0.438 e. The summed E-state index contributed by atoms with van der Waals surface area (Å²) in [6, 6.07) is 0. The van der Waals surface area contributed by atoms with Crippen LogP contribution in [-0.4, -0.2) is 42.4 Å². The van der Waals surface area contributed by atoms with Crippen molar-refractivity contribution in [3.63, 3.8) is 0 Å². The molecule has 0 bridgehead atoms. The Hall–Kier alpha value is -0.950. The van der Waals surface area contributed by atoms with E-state index in [-0.39, 0.29) is 0 Å². The van der Waals surface area contributed by atoms with E-state index in [2.05, 4.69) is 0 Å². The van der Waals surface area contributed by atoms with Gasteiger partial charge in [0.2, 0.25) is 0 Å². The first-order chi connectivity index (χ1) is 8.81. The Bertz CT molecular complexity index is 363. The van der Waals surface area contributed by atoms with Crippen molar-refractivity contribution in [2.75, 3.05) is 6.61 Å². The van der Waals surface area contributed by atoms with Gasteiger partial charge in [-0.2, -0.15) is 52.7 Å². The second-order valence-electron chi connectivity index (χ2n) is 3.65. The van der Waals surface area contributed by atoms with E-state index in [1.165, 1.54) is 0 Å². The summed E-state index contributed by atoms with van der Waals surface area (Å²) < 4.78 is 159. The number of alkyl halides is 13. The van der Waals surface area contributed by atoms with Crippen molar-refractivity contribution in [1.29, 1.82) is 0 Å². The highest BCUT2D eigenvalue weighted by atomic mass is 19.4. The summed E-state index contributed by atoms with van der Waals surface area (Å²) in [5, 5.41) is 9.62. The van der Waals surface area contributed by atoms with Crippen molar-refractivity contribution in [3.8, 4) is 0 Å². The normalized spacial score (nSPS) is 16.3. The third-order valence-corrected chi connectivity index (χ3v) is 2.25. The van der Waals surface area contributed by atoms with E-state index in [1.54, 1.807) is 0 Å². The van der Waals surface area contributed by atoms with Gasteiger partial charge in [-0.05, 0) is 0 Å². The molecule has 0 aromatic carbocycles. The average Bonchev–Trinajstić information content (AvgIpc) is 2.23. The molecule has 127 valence electrons. The highest BCUT2D eigenvalue weighted by molar-refractivity contribution is 5.14. The topological polar surface area (TPSA) is 19.9 Å². The molecule has 0 saturated heterocycles. The Balaban J connectivity index is 6.42. The fourth-order valence-electron chi connectivity index (χ4n) is 1.05. The molecule has 1 nitrogen and oxygen atoms in total. The molecule has 0 spiro atoms. The Morgan fingerprint density at radius 3 is 1.00 bits per heavy atom. The van der Waals surface area contributed by atoms with Gasteiger partial charge in [0.25, 0.3) is 0 Å². The van der Waals surface area contributed by atoms with E-state index in [9.17, 15) is 62.2 Å². The lowest BCUT2D eigenvalue weighted by molar-refractivity contribution is -0.446. The van der Waals surface area contributed by atoms with Crippen molar-refractivity contribution in [2.24, 2.45) is 0 Å². The quantitative estimate of drug-likeness (QED) is 0.680. The van der Waals surface area contributed by atoms with Gasteiger partial charge in [0, 0.05) is 0 Å². The monoisotopic (exact) mass is 349 g/mol. The van der Waals surface area contributed by atoms with Gasteiger partial charge in [0.05, 0.1) is 0 Å². The SMILES string of the molecule is [O]CC(F)(F)C(F)(F)C(F)(F)C(F)(C(F)(F)F)C(F)(F)F. The summed E-state index contributed by atoms with van der Waals surface area (Å²) in [6.07, 6.45) is -15.4. The molecular weight excluding hydrogens is 347 g/mol. The highest BCUT2D eigenvalue weighted by Gasteiger charge is 2.93. The predicted molar refractivity (Wildman–Crippen MR) is 36.3 cm³/mol. The zero-order valence-electron chi connectivity index (χ0n) is 9.03. The number of hydrogen-bond donors (Lipinski definition) is 0. The lowest BCUT2D eigenvalue weighted by Gasteiger charge is -2.41. The van der Waals surface area contributed by atoms with Crippen LogP contribution in [0.3, 0.4) is 0 Å². The van der Waals surface area contributed by atoms with Crippen LogP contribution in [-0.2, 0) is 5.11 Å². The van der Waals surface area contributed by atoms with Crippen molar-refractivity contribution >= 4 is 0 Å². The van der Waals surface area contributed by atoms with Gasteiger partial charge in [-0.1, -0.05) is 0 Å². The molecule has 0 rings (SSSR count). The van der Waals surface area contributed by atoms with Crippen LogP contribution in [0, 0.1) is 0 Å². The summed E-state index contributed by atoms with van der Waals surface area (Å²) in [7, 11) is 0. The minimum atomic E-state index is -8.00. The maximum absolute atomic E-state index is 12.8. The van der Waals surface area contributed by atoms with Crippen LogP contribution in [0.25, 0.3) is 0 Å². The molecule has 0 N–H and O–H groups in total. The van der Waals surface area contributed by atoms with Gasteiger partial charge < -0.3 is 0 Å². The largest absolute Gasteiger partial charge is 0.438 e. The smallest absolute Gasteiger partial charge is 0.230 e. The van der Waals surface area contributed by atoms with E-state index < -0.39 is 42.4 Å². The fourth-order valence-corrected chi connectivity index (χ4v) is 1.05. The highest BCUT2D eigenvalue weighted by Crippen LogP contribution is 2.61. The van der Waals surface area contributed by atoms with Gasteiger partial charge in [-0.25, -0.2) is 9.50 Å². The van der Waals surface area contributed by atoms with Gasteiger partial charge in [0.15, 0.2) is 6.61 Å². The molecule has 0 aromatic heterocycles. The van der Waals surface area contributed by atoms with Crippen molar-refractivity contribution in [3.05, 3.63) is 0 Å². The average molecular weight is 349 g/mol. The second kappa shape index (κ2) is 4.78. The first kappa shape index (κ1) is 20.1. The maximum atomic E-state index is 12.8. The molecule has 0 heterocycles. The van der Waals surface area contributed by atoms with E-state index in [4.69, 9.17) is 0 Å². The molecule has 14 heteroatoms. The molecule has 21 heavy (non-hydrogen) atoms. The van der Waals surface area contributed by atoms with Gasteiger partial charge >= 0.3 is 35.8 Å². The van der Waals surface area contributed by atoms with Crippen molar-refractivity contribution in [1.82, 2.24) is 0 Å². The minimum absolute atomic E-state index is 3.50. The van der Waals surface area contributed by atoms with E-state index in [0.717, 1.165) is 0 Å². The van der Waals surface area contributed by atoms with Crippen LogP contribution in [0.1, 0.15) is 0 Å². The third kappa shape index (κ3) is 2.50. The van der Waals surface area contributed by atoms with Crippen LogP contribution < -0.4 is 0 Å². The Morgan fingerprint density at radius 1 is 0.524 bits per heavy atom. The Kier molecular flexibility index (Phi) is 4.56. The summed E-state index contributed by atoms with van der Waals surface area (Å²) in [5.74, 6) is -22.1. The van der Waals surface area contributed by atoms with E-state index >= 15 is 0 Å². The molecule has 0 saturated carbocycles.